The summed E-state index contributed by atoms with van der Waals surface area (Å²) in [7, 11) is -5.64. The van der Waals surface area contributed by atoms with Crippen LogP contribution in [0.2, 0.25) is 16.6 Å². The fraction of sp³-hybridized carbons (Fsp3) is 0.739. The quantitative estimate of drug-likeness (QED) is 0.334. The molecule has 0 amide bonds. The second-order valence-electron chi connectivity index (χ2n) is 9.85. The lowest BCUT2D eigenvalue weighted by molar-refractivity contribution is 0.167. The summed E-state index contributed by atoms with van der Waals surface area (Å²) in [4.78, 5) is 0.237. The highest BCUT2D eigenvalue weighted by Crippen LogP contribution is 2.44. The van der Waals surface area contributed by atoms with E-state index in [4.69, 9.17) is 8.61 Å². The largest absolute Gasteiger partial charge is 0.416 e. The third-order valence-corrected chi connectivity index (χ3v) is 14.2. The van der Waals surface area contributed by atoms with Crippen LogP contribution in [0.15, 0.2) is 29.2 Å². The molecule has 1 aliphatic rings. The lowest BCUT2D eigenvalue weighted by atomic mass is 10.1. The van der Waals surface area contributed by atoms with E-state index >= 15 is 0 Å². The first-order chi connectivity index (χ1) is 13.4. The minimum atomic E-state index is -3.73. The summed E-state index contributed by atoms with van der Waals surface area (Å²) in [5.74, 6) is 0.559. The molecule has 0 spiro atoms. The van der Waals surface area contributed by atoms with Crippen molar-refractivity contribution in [3.8, 4) is 0 Å². The molecule has 1 saturated carbocycles. The van der Waals surface area contributed by atoms with Gasteiger partial charge in [0.1, 0.15) is 0 Å². The second-order valence-corrected chi connectivity index (χ2v) is 16.9. The molecule has 0 aliphatic heterocycles. The van der Waals surface area contributed by atoms with Crippen molar-refractivity contribution in [1.82, 2.24) is 0 Å². The molecule has 1 aromatic rings. The van der Waals surface area contributed by atoms with E-state index in [1.54, 1.807) is 24.3 Å². The zero-order valence-electron chi connectivity index (χ0n) is 19.4. The average molecular weight is 441 g/mol. The Kier molecular flexibility index (Phi) is 8.16. The van der Waals surface area contributed by atoms with Crippen molar-refractivity contribution < 1.29 is 17.0 Å². The van der Waals surface area contributed by atoms with E-state index in [1.807, 2.05) is 6.92 Å². The SMILES string of the molecule is Cc1ccc(S(=O)(=O)O[C@@H]2C[C@H](CO[Si](C(C)C)(C(C)C)C(C)C)C[C@H]2C)cc1. The van der Waals surface area contributed by atoms with E-state index in [0.717, 1.165) is 25.0 Å². The van der Waals surface area contributed by atoms with Gasteiger partial charge in [-0.05, 0) is 60.4 Å². The minimum Gasteiger partial charge on any atom is -0.416 e. The van der Waals surface area contributed by atoms with Crippen LogP contribution >= 0.6 is 0 Å². The third-order valence-electron chi connectivity index (χ3n) is 6.74. The van der Waals surface area contributed by atoms with Crippen molar-refractivity contribution in [3.05, 3.63) is 29.8 Å². The van der Waals surface area contributed by atoms with Crippen molar-refractivity contribution in [3.63, 3.8) is 0 Å². The first-order valence-electron chi connectivity index (χ1n) is 11.0. The van der Waals surface area contributed by atoms with E-state index in [1.165, 1.54) is 0 Å². The zero-order chi connectivity index (χ0) is 22.0. The van der Waals surface area contributed by atoms with Crippen molar-refractivity contribution in [2.24, 2.45) is 11.8 Å². The molecule has 3 atom stereocenters. The highest BCUT2D eigenvalue weighted by Gasteiger charge is 2.46. The predicted molar refractivity (Wildman–Crippen MR) is 122 cm³/mol. The second kappa shape index (κ2) is 9.63. The Morgan fingerprint density at radius 3 is 1.97 bits per heavy atom. The molecular weight excluding hydrogens is 400 g/mol. The molecule has 1 aliphatic carbocycles. The van der Waals surface area contributed by atoms with Gasteiger partial charge in [-0.3, -0.25) is 4.18 Å². The molecule has 0 unspecified atom stereocenters. The van der Waals surface area contributed by atoms with Crippen LogP contribution in [-0.2, 0) is 18.7 Å². The highest BCUT2D eigenvalue weighted by molar-refractivity contribution is 7.86. The molecule has 0 aromatic heterocycles. The van der Waals surface area contributed by atoms with E-state index in [0.29, 0.717) is 22.5 Å². The molecule has 0 bridgehead atoms. The summed E-state index contributed by atoms with van der Waals surface area (Å²) in [6, 6.07) is 6.86. The Balaban J connectivity index is 2.04. The van der Waals surface area contributed by atoms with Gasteiger partial charge >= 0.3 is 0 Å². The molecule has 4 nitrogen and oxygen atoms in total. The maximum absolute atomic E-state index is 12.7. The summed E-state index contributed by atoms with van der Waals surface area (Å²) in [5, 5.41) is 0. The molecule has 1 aromatic carbocycles. The van der Waals surface area contributed by atoms with Gasteiger partial charge < -0.3 is 4.43 Å². The fourth-order valence-electron chi connectivity index (χ4n) is 5.29. The molecule has 0 heterocycles. The van der Waals surface area contributed by atoms with Gasteiger partial charge in [-0.15, -0.1) is 0 Å². The van der Waals surface area contributed by atoms with E-state index in [9.17, 15) is 8.42 Å². The van der Waals surface area contributed by atoms with Gasteiger partial charge in [0.2, 0.25) is 0 Å². The third kappa shape index (κ3) is 5.52. The molecule has 0 saturated heterocycles. The first-order valence-corrected chi connectivity index (χ1v) is 14.6. The minimum absolute atomic E-state index is 0.206. The smallest absolute Gasteiger partial charge is 0.297 e. The van der Waals surface area contributed by atoms with Gasteiger partial charge in [0.05, 0.1) is 11.0 Å². The van der Waals surface area contributed by atoms with Gasteiger partial charge in [-0.2, -0.15) is 8.42 Å². The van der Waals surface area contributed by atoms with Crippen LogP contribution < -0.4 is 0 Å². The molecule has 166 valence electrons. The van der Waals surface area contributed by atoms with Crippen LogP contribution in [0.1, 0.15) is 66.9 Å². The Labute approximate surface area is 179 Å². The molecule has 1 fully saturated rings. The van der Waals surface area contributed by atoms with Crippen molar-refractivity contribution >= 4 is 18.4 Å². The lowest BCUT2D eigenvalue weighted by Crippen LogP contribution is -2.48. The number of aryl methyl sites for hydroxylation is 1. The monoisotopic (exact) mass is 440 g/mol. The summed E-state index contributed by atoms with van der Waals surface area (Å²) in [6.07, 6.45) is 1.42. The standard InChI is InChI=1S/C23H40O4SSi/c1-16(2)29(17(3)4,18(5)6)26-15-21-13-20(8)23(14-21)27-28(24,25)22-11-9-19(7)10-12-22/h9-12,16-18,20-21,23H,13-15H2,1-8H3/t20-,21-,23-/m1/s1. The van der Waals surface area contributed by atoms with Gasteiger partial charge in [0, 0.05) is 6.61 Å². The summed E-state index contributed by atoms with van der Waals surface area (Å²) >= 11 is 0. The number of hydrogen-bond donors (Lipinski definition) is 0. The van der Waals surface area contributed by atoms with Crippen LogP contribution in [0.5, 0.6) is 0 Å². The molecule has 0 N–H and O–H groups in total. The van der Waals surface area contributed by atoms with Crippen LogP contribution in [0.4, 0.5) is 0 Å². The molecule has 0 radical (unpaired) electrons. The number of benzene rings is 1. The Morgan fingerprint density at radius 2 is 1.48 bits per heavy atom. The molecular formula is C23H40O4SSi. The maximum Gasteiger partial charge on any atom is 0.297 e. The van der Waals surface area contributed by atoms with Crippen molar-refractivity contribution in [2.45, 2.75) is 95.9 Å². The van der Waals surface area contributed by atoms with Gasteiger partial charge in [-0.25, -0.2) is 0 Å². The van der Waals surface area contributed by atoms with Crippen molar-refractivity contribution in [2.75, 3.05) is 6.61 Å². The zero-order valence-corrected chi connectivity index (χ0v) is 21.3. The maximum atomic E-state index is 12.7. The first kappa shape index (κ1) is 24.6. The van der Waals surface area contributed by atoms with E-state index in [2.05, 4.69) is 48.5 Å². The lowest BCUT2D eigenvalue weighted by Gasteiger charge is -2.42. The van der Waals surface area contributed by atoms with Crippen LogP contribution in [0.25, 0.3) is 0 Å². The van der Waals surface area contributed by atoms with Gasteiger partial charge in [-0.1, -0.05) is 66.2 Å². The highest BCUT2D eigenvalue weighted by atomic mass is 32.2. The van der Waals surface area contributed by atoms with Crippen LogP contribution in [0.3, 0.4) is 0 Å². The fourth-order valence-corrected chi connectivity index (χ4v) is 12.0. The van der Waals surface area contributed by atoms with Crippen LogP contribution in [-0.4, -0.2) is 29.4 Å². The molecule has 6 heteroatoms. The Bertz CT molecular complexity index is 734. The van der Waals surface area contributed by atoms with Gasteiger partial charge in [0.25, 0.3) is 10.1 Å². The molecule has 2 rings (SSSR count). The van der Waals surface area contributed by atoms with E-state index in [-0.39, 0.29) is 16.9 Å². The Morgan fingerprint density at radius 1 is 0.966 bits per heavy atom. The summed E-state index contributed by atoms with van der Waals surface area (Å²) in [5.41, 5.74) is 2.68. The summed E-state index contributed by atoms with van der Waals surface area (Å²) in [6.45, 7) is 18.5. The average Bonchev–Trinajstić information content (AvgIpc) is 2.94. The van der Waals surface area contributed by atoms with E-state index < -0.39 is 18.4 Å². The summed E-state index contributed by atoms with van der Waals surface area (Å²) < 4.78 is 37.8. The number of rotatable bonds is 9. The van der Waals surface area contributed by atoms with Crippen molar-refractivity contribution in [1.29, 1.82) is 0 Å². The topological polar surface area (TPSA) is 52.6 Å². The van der Waals surface area contributed by atoms with Crippen LogP contribution in [0, 0.1) is 18.8 Å². The predicted octanol–water partition coefficient (Wildman–Crippen LogP) is 6.31. The number of hydrogen-bond acceptors (Lipinski definition) is 4. The Hall–Kier alpha value is -0.693. The normalized spacial score (nSPS) is 23.5. The van der Waals surface area contributed by atoms with Gasteiger partial charge in [0.15, 0.2) is 8.32 Å². The molecule has 29 heavy (non-hydrogen) atoms.